The molecule has 3 rings (SSSR count). The summed E-state index contributed by atoms with van der Waals surface area (Å²) in [6, 6.07) is 11.7. The Morgan fingerprint density at radius 2 is 1.69 bits per heavy atom. The highest BCUT2D eigenvalue weighted by atomic mass is 35.5. The van der Waals surface area contributed by atoms with Crippen LogP contribution in [0.4, 0.5) is 5.69 Å². The number of hydrogen-bond donors (Lipinski definition) is 1. The largest absolute Gasteiger partial charge is 0.452 e. The number of carbonyl (C=O) groups excluding carboxylic acids is 2. The fourth-order valence-electron chi connectivity index (χ4n) is 3.46. The maximum Gasteiger partial charge on any atom is 0.309 e. The molecule has 1 unspecified atom stereocenters. The van der Waals surface area contributed by atoms with Crippen LogP contribution < -0.4 is 5.32 Å². The number of nitrogens with zero attached hydrogens (tertiary/aromatic N) is 1. The van der Waals surface area contributed by atoms with Gasteiger partial charge in [-0.25, -0.2) is 8.42 Å². The van der Waals surface area contributed by atoms with E-state index >= 15 is 0 Å². The first-order valence-corrected chi connectivity index (χ1v) is 12.2. The van der Waals surface area contributed by atoms with E-state index in [1.54, 1.807) is 42.5 Å². The van der Waals surface area contributed by atoms with Gasteiger partial charge in [-0.1, -0.05) is 17.7 Å². The molecule has 0 spiro atoms. The number of benzene rings is 2. The van der Waals surface area contributed by atoms with E-state index in [0.29, 0.717) is 23.6 Å². The van der Waals surface area contributed by atoms with Crippen molar-refractivity contribution in [2.45, 2.75) is 44.6 Å². The summed E-state index contributed by atoms with van der Waals surface area (Å²) in [4.78, 5) is 25.1. The fourth-order valence-corrected chi connectivity index (χ4v) is 5.14. The lowest BCUT2D eigenvalue weighted by Gasteiger charge is -2.30. The molecule has 0 aromatic heterocycles. The first-order chi connectivity index (χ1) is 15.1. The van der Waals surface area contributed by atoms with Crippen LogP contribution in [0, 0.1) is 19.8 Å². The zero-order valence-electron chi connectivity index (χ0n) is 18.3. The number of esters is 1. The molecule has 9 heteroatoms. The van der Waals surface area contributed by atoms with E-state index in [-0.39, 0.29) is 18.0 Å². The third-order valence-electron chi connectivity index (χ3n) is 5.68. The molecule has 1 fully saturated rings. The molecular weight excluding hydrogens is 452 g/mol. The molecule has 1 aliphatic heterocycles. The first kappa shape index (κ1) is 24.2. The van der Waals surface area contributed by atoms with Crippen molar-refractivity contribution in [3.8, 4) is 0 Å². The minimum absolute atomic E-state index is 0.223. The summed E-state index contributed by atoms with van der Waals surface area (Å²) in [5.41, 5.74) is 2.49. The number of rotatable bonds is 6. The van der Waals surface area contributed by atoms with Gasteiger partial charge >= 0.3 is 5.97 Å². The van der Waals surface area contributed by atoms with Gasteiger partial charge in [0.05, 0.1) is 10.8 Å². The lowest BCUT2D eigenvalue weighted by Crippen LogP contribution is -2.41. The summed E-state index contributed by atoms with van der Waals surface area (Å²) in [5, 5.41) is 3.22. The topological polar surface area (TPSA) is 92.8 Å². The maximum atomic E-state index is 12.9. The van der Waals surface area contributed by atoms with Gasteiger partial charge in [-0.15, -0.1) is 0 Å². The molecule has 1 atom stereocenters. The second kappa shape index (κ2) is 10.0. The number of carbonyl (C=O) groups is 2. The van der Waals surface area contributed by atoms with Gasteiger partial charge in [-0.2, -0.15) is 4.31 Å². The van der Waals surface area contributed by atoms with Crippen LogP contribution in [0.15, 0.2) is 47.4 Å². The molecule has 0 bridgehead atoms. The van der Waals surface area contributed by atoms with Gasteiger partial charge in [0, 0.05) is 23.8 Å². The molecule has 1 saturated heterocycles. The number of sulfonamides is 1. The smallest absolute Gasteiger partial charge is 0.309 e. The third-order valence-corrected chi connectivity index (χ3v) is 7.82. The second-order valence-corrected chi connectivity index (χ2v) is 10.4. The Morgan fingerprint density at radius 3 is 2.28 bits per heavy atom. The molecular formula is C23H27ClN2O5S. The normalized spacial score (nSPS) is 16.4. The van der Waals surface area contributed by atoms with E-state index in [4.69, 9.17) is 16.3 Å². The molecule has 1 N–H and O–H groups in total. The quantitative estimate of drug-likeness (QED) is 0.635. The summed E-state index contributed by atoms with van der Waals surface area (Å²) < 4.78 is 32.6. The van der Waals surface area contributed by atoms with Crippen LogP contribution >= 0.6 is 11.6 Å². The monoisotopic (exact) mass is 478 g/mol. The zero-order chi connectivity index (χ0) is 23.5. The summed E-state index contributed by atoms with van der Waals surface area (Å²) in [7, 11) is -3.62. The molecule has 2 aromatic rings. The minimum Gasteiger partial charge on any atom is -0.452 e. The van der Waals surface area contributed by atoms with Crippen LogP contribution in [0.1, 0.15) is 30.9 Å². The molecule has 1 aliphatic rings. The van der Waals surface area contributed by atoms with Crippen molar-refractivity contribution in [2.75, 3.05) is 18.4 Å². The second-order valence-electron chi connectivity index (χ2n) is 8.00. The van der Waals surface area contributed by atoms with Crippen molar-refractivity contribution in [2.24, 2.45) is 5.92 Å². The van der Waals surface area contributed by atoms with Crippen molar-refractivity contribution in [1.29, 1.82) is 0 Å². The van der Waals surface area contributed by atoms with E-state index in [9.17, 15) is 18.0 Å². The Kier molecular flexibility index (Phi) is 7.59. The van der Waals surface area contributed by atoms with Crippen molar-refractivity contribution in [1.82, 2.24) is 4.31 Å². The Balaban J connectivity index is 1.53. The van der Waals surface area contributed by atoms with Crippen LogP contribution in [0.3, 0.4) is 0 Å². The van der Waals surface area contributed by atoms with Gasteiger partial charge in [-0.3, -0.25) is 9.59 Å². The zero-order valence-corrected chi connectivity index (χ0v) is 19.9. The molecule has 2 aromatic carbocycles. The average molecular weight is 479 g/mol. The van der Waals surface area contributed by atoms with Crippen molar-refractivity contribution in [3.05, 3.63) is 58.6 Å². The number of hydrogen-bond acceptors (Lipinski definition) is 5. The SMILES string of the molecule is Cc1ccc(S(=O)(=O)N2CCC(C(=O)OC(C)C(=O)Nc3ccc(Cl)cc3)CC2)cc1C. The number of halogens is 1. The van der Waals surface area contributed by atoms with Crippen LogP contribution in [0.2, 0.25) is 5.02 Å². The van der Waals surface area contributed by atoms with E-state index in [1.165, 1.54) is 11.2 Å². The molecule has 7 nitrogen and oxygen atoms in total. The maximum absolute atomic E-state index is 12.9. The van der Waals surface area contributed by atoms with Gasteiger partial charge in [-0.05, 0) is 81.1 Å². The van der Waals surface area contributed by atoms with E-state index in [0.717, 1.165) is 11.1 Å². The molecule has 0 saturated carbocycles. The number of amides is 1. The highest BCUT2D eigenvalue weighted by Gasteiger charge is 2.34. The standard InChI is InChI=1S/C23H27ClN2O5S/c1-15-4-9-21(14-16(15)2)32(29,30)26-12-10-18(11-13-26)23(28)31-17(3)22(27)25-20-7-5-19(24)6-8-20/h4-9,14,17-18H,10-13H2,1-3H3,(H,25,27). The van der Waals surface area contributed by atoms with Crippen molar-refractivity contribution in [3.63, 3.8) is 0 Å². The summed E-state index contributed by atoms with van der Waals surface area (Å²) in [6.45, 7) is 5.75. The highest BCUT2D eigenvalue weighted by molar-refractivity contribution is 7.89. The fraction of sp³-hybridized carbons (Fsp3) is 0.391. The molecule has 0 aliphatic carbocycles. The number of nitrogens with one attached hydrogen (secondary N) is 1. The minimum atomic E-state index is -3.62. The Morgan fingerprint density at radius 1 is 1.06 bits per heavy atom. The van der Waals surface area contributed by atoms with Gasteiger partial charge in [0.2, 0.25) is 10.0 Å². The number of piperidine rings is 1. The van der Waals surface area contributed by atoms with Crippen LogP contribution in [0.5, 0.6) is 0 Å². The average Bonchev–Trinajstić information content (AvgIpc) is 2.77. The van der Waals surface area contributed by atoms with Crippen molar-refractivity contribution < 1.29 is 22.7 Å². The molecule has 1 amide bonds. The number of aryl methyl sites for hydroxylation is 2. The lowest BCUT2D eigenvalue weighted by atomic mass is 9.98. The lowest BCUT2D eigenvalue weighted by molar-refractivity contribution is -0.158. The summed E-state index contributed by atoms with van der Waals surface area (Å²) in [5.74, 6) is -1.39. The molecule has 0 radical (unpaired) electrons. The number of anilines is 1. The highest BCUT2D eigenvalue weighted by Crippen LogP contribution is 2.26. The van der Waals surface area contributed by atoms with E-state index < -0.39 is 33.9 Å². The Hall–Kier alpha value is -2.42. The predicted molar refractivity (Wildman–Crippen MR) is 123 cm³/mol. The van der Waals surface area contributed by atoms with Crippen LogP contribution in [-0.4, -0.2) is 43.8 Å². The van der Waals surface area contributed by atoms with Crippen molar-refractivity contribution >= 4 is 39.2 Å². The predicted octanol–water partition coefficient (Wildman–Crippen LogP) is 3.93. The van der Waals surface area contributed by atoms with E-state index in [2.05, 4.69) is 5.32 Å². The first-order valence-electron chi connectivity index (χ1n) is 10.4. The third kappa shape index (κ3) is 5.68. The van der Waals surface area contributed by atoms with Gasteiger partial charge in [0.1, 0.15) is 0 Å². The van der Waals surface area contributed by atoms with Gasteiger partial charge < -0.3 is 10.1 Å². The molecule has 1 heterocycles. The summed E-state index contributed by atoms with van der Waals surface area (Å²) >= 11 is 5.83. The van der Waals surface area contributed by atoms with Crippen LogP contribution in [0.25, 0.3) is 0 Å². The van der Waals surface area contributed by atoms with Gasteiger partial charge in [0.15, 0.2) is 6.10 Å². The Bertz CT molecular complexity index is 1090. The van der Waals surface area contributed by atoms with Gasteiger partial charge in [0.25, 0.3) is 5.91 Å². The summed E-state index contributed by atoms with van der Waals surface area (Å²) in [6.07, 6.45) is -0.293. The van der Waals surface area contributed by atoms with E-state index in [1.807, 2.05) is 13.8 Å². The number of ether oxygens (including phenoxy) is 1. The molecule has 32 heavy (non-hydrogen) atoms. The Labute approximate surface area is 193 Å². The van der Waals surface area contributed by atoms with Crippen LogP contribution in [-0.2, 0) is 24.3 Å². The molecule has 172 valence electrons.